The van der Waals surface area contributed by atoms with Crippen LogP contribution in [0.25, 0.3) is 0 Å². The van der Waals surface area contributed by atoms with Gasteiger partial charge in [-0.05, 0) is 12.8 Å². The molecule has 0 aliphatic rings. The average molecular weight is 858 g/mol. The van der Waals surface area contributed by atoms with E-state index in [1.165, 1.54) is 122 Å². The number of carboxylic acid groups (broad SMARTS) is 1. The fourth-order valence-electron chi connectivity index (χ4n) is 6.62. The predicted molar refractivity (Wildman–Crippen MR) is 235 cm³/mol. The van der Waals surface area contributed by atoms with Gasteiger partial charge in [-0.15, -0.1) is 0 Å². The number of esters is 3. The minimum atomic E-state index is -1.04. The summed E-state index contributed by atoms with van der Waals surface area (Å²) < 4.78 is 31.9. The molecule has 13 heteroatoms. The molecule has 1 atom stereocenters. The normalized spacial score (nSPS) is 11.6. The summed E-state index contributed by atoms with van der Waals surface area (Å²) in [6.45, 7) is 5.16. The summed E-state index contributed by atoms with van der Waals surface area (Å²) in [5.41, 5.74) is 0. The van der Waals surface area contributed by atoms with Crippen LogP contribution in [0.3, 0.4) is 0 Å². The van der Waals surface area contributed by atoms with Gasteiger partial charge < -0.3 is 38.8 Å². The molecular weight excluding hydrogens is 771 g/mol. The Morgan fingerprint density at radius 1 is 0.433 bits per heavy atom. The molecule has 0 spiro atoms. The van der Waals surface area contributed by atoms with Crippen LogP contribution in [0.5, 0.6) is 0 Å². The number of unbranched alkanes of at least 4 members (excludes halogenated alkanes) is 24. The number of amides is 1. The van der Waals surface area contributed by atoms with Crippen LogP contribution in [0.4, 0.5) is 0 Å². The number of hydrogen-bond acceptors (Lipinski definition) is 11. The van der Waals surface area contributed by atoms with Gasteiger partial charge in [0.25, 0.3) is 0 Å². The lowest BCUT2D eigenvalue weighted by atomic mass is 10.0. The van der Waals surface area contributed by atoms with E-state index in [0.29, 0.717) is 19.6 Å². The van der Waals surface area contributed by atoms with Crippen molar-refractivity contribution in [2.24, 2.45) is 0 Å². The van der Waals surface area contributed by atoms with E-state index >= 15 is 0 Å². The first-order chi connectivity index (χ1) is 29.3. The molecule has 1 amide bonds. The summed E-state index contributed by atoms with van der Waals surface area (Å²) in [6.07, 6.45) is 30.8. The molecule has 0 heterocycles. The monoisotopic (exact) mass is 858 g/mol. The van der Waals surface area contributed by atoms with Crippen molar-refractivity contribution >= 4 is 29.8 Å². The Bertz CT molecular complexity index is 1030. The maximum Gasteiger partial charge on any atom is 0.329 e. The molecule has 1 unspecified atom stereocenters. The first kappa shape index (κ1) is 57.2. The molecule has 13 nitrogen and oxygen atoms in total. The van der Waals surface area contributed by atoms with E-state index in [-0.39, 0.29) is 83.7 Å². The second kappa shape index (κ2) is 45.7. The maximum atomic E-state index is 12.7. The molecule has 0 saturated carbocycles. The molecule has 0 aromatic heterocycles. The molecule has 0 saturated heterocycles. The van der Waals surface area contributed by atoms with Crippen LogP contribution in [0.15, 0.2) is 0 Å². The van der Waals surface area contributed by atoms with Gasteiger partial charge in [-0.25, -0.2) is 4.79 Å². The van der Waals surface area contributed by atoms with E-state index in [1.807, 2.05) is 0 Å². The first-order valence-corrected chi connectivity index (χ1v) is 24.0. The van der Waals surface area contributed by atoms with Crippen molar-refractivity contribution in [3.63, 3.8) is 0 Å². The molecule has 0 rings (SSSR count). The number of rotatable bonds is 47. The summed E-state index contributed by atoms with van der Waals surface area (Å²) in [5, 5.41) is 11.2. The van der Waals surface area contributed by atoms with Gasteiger partial charge in [0, 0.05) is 25.8 Å². The molecule has 2 N–H and O–H groups in total. The van der Waals surface area contributed by atoms with E-state index in [4.69, 9.17) is 33.5 Å². The van der Waals surface area contributed by atoms with Crippen LogP contribution in [0, 0.1) is 0 Å². The summed E-state index contributed by atoms with van der Waals surface area (Å²) in [4.78, 5) is 60.3. The summed E-state index contributed by atoms with van der Waals surface area (Å²) >= 11 is 0. The van der Waals surface area contributed by atoms with Crippen LogP contribution in [0.2, 0.25) is 0 Å². The second-order valence-corrected chi connectivity index (χ2v) is 16.0. The number of ether oxygens (including phenoxy) is 6. The highest BCUT2D eigenvalue weighted by Crippen LogP contribution is 2.15. The topological polar surface area (TPSA) is 173 Å². The number of carbonyl (C=O) groups excluding carboxylic acids is 4. The van der Waals surface area contributed by atoms with Crippen LogP contribution >= 0.6 is 0 Å². The van der Waals surface area contributed by atoms with Crippen molar-refractivity contribution in [3.8, 4) is 0 Å². The lowest BCUT2D eigenvalue weighted by Gasteiger charge is -2.18. The molecular formula is C47H87NO12. The number of nitrogens with one attached hydrogen (secondary N) is 1. The van der Waals surface area contributed by atoms with E-state index in [9.17, 15) is 24.0 Å². The van der Waals surface area contributed by atoms with Gasteiger partial charge in [0.05, 0.1) is 39.5 Å². The smallest absolute Gasteiger partial charge is 0.329 e. The Labute approximate surface area is 363 Å². The lowest BCUT2D eigenvalue weighted by Crippen LogP contribution is -2.31. The Hall–Kier alpha value is -2.77. The Balaban J connectivity index is 4.41. The van der Waals surface area contributed by atoms with Crippen molar-refractivity contribution in [2.45, 2.75) is 213 Å². The SMILES string of the molecule is CCCCCCCCCCCCCCCC(=O)OCC(COC(=O)CCC(=O)NCCOCCOCCOCC(=O)O)OC(=O)CCCCCCCCCCCCCCC. The van der Waals surface area contributed by atoms with E-state index in [0.717, 1.165) is 38.5 Å². The van der Waals surface area contributed by atoms with Crippen LogP contribution in [-0.2, 0) is 52.4 Å². The van der Waals surface area contributed by atoms with Crippen molar-refractivity contribution in [1.82, 2.24) is 5.32 Å². The first-order valence-electron chi connectivity index (χ1n) is 24.0. The van der Waals surface area contributed by atoms with Gasteiger partial charge in [0.15, 0.2) is 6.10 Å². The minimum Gasteiger partial charge on any atom is -0.480 e. The van der Waals surface area contributed by atoms with Crippen molar-refractivity contribution in [1.29, 1.82) is 0 Å². The highest BCUT2D eigenvalue weighted by atomic mass is 16.6. The van der Waals surface area contributed by atoms with E-state index in [1.54, 1.807) is 0 Å². The third kappa shape index (κ3) is 44.8. The Kier molecular flexibility index (Phi) is 43.6. The number of carboxylic acids is 1. The molecule has 0 aromatic carbocycles. The van der Waals surface area contributed by atoms with E-state index < -0.39 is 24.0 Å². The molecule has 0 aromatic rings. The molecule has 60 heavy (non-hydrogen) atoms. The largest absolute Gasteiger partial charge is 0.480 e. The van der Waals surface area contributed by atoms with Gasteiger partial charge in [-0.3, -0.25) is 19.2 Å². The molecule has 0 fully saturated rings. The quantitative estimate of drug-likeness (QED) is 0.0337. The van der Waals surface area contributed by atoms with E-state index in [2.05, 4.69) is 19.2 Å². The van der Waals surface area contributed by atoms with Gasteiger partial charge >= 0.3 is 23.9 Å². The zero-order chi connectivity index (χ0) is 44.0. The second-order valence-electron chi connectivity index (χ2n) is 16.0. The summed E-state index contributed by atoms with van der Waals surface area (Å²) in [7, 11) is 0. The standard InChI is InChI=1S/C47H87NO12/c1-3-5-7-9-11-13-15-17-19-21-23-25-27-29-45(52)58-39-42(60-47(54)30-28-26-24-22-20-18-16-14-12-10-8-6-4-2)40-59-46(53)32-31-43(49)48-33-34-55-35-36-56-37-38-57-41-44(50)51/h42H,3-41H2,1-2H3,(H,48,49)(H,50,51). The summed E-state index contributed by atoms with van der Waals surface area (Å²) in [6, 6.07) is 0. The Morgan fingerprint density at radius 2 is 0.800 bits per heavy atom. The number of aliphatic carboxylic acids is 1. The zero-order valence-electron chi connectivity index (χ0n) is 38.1. The number of hydrogen-bond donors (Lipinski definition) is 2. The van der Waals surface area contributed by atoms with Gasteiger partial charge in [-0.1, -0.05) is 168 Å². The van der Waals surface area contributed by atoms with Crippen LogP contribution < -0.4 is 5.32 Å². The highest BCUT2D eigenvalue weighted by Gasteiger charge is 2.20. The molecule has 0 aliphatic carbocycles. The molecule has 352 valence electrons. The van der Waals surface area contributed by atoms with Crippen LogP contribution in [-0.4, -0.2) is 100 Å². The molecule has 0 bridgehead atoms. The summed E-state index contributed by atoms with van der Waals surface area (Å²) in [5.74, 6) is -2.78. The molecule has 0 radical (unpaired) electrons. The van der Waals surface area contributed by atoms with Crippen molar-refractivity contribution in [3.05, 3.63) is 0 Å². The zero-order valence-corrected chi connectivity index (χ0v) is 38.1. The average Bonchev–Trinajstić information content (AvgIpc) is 3.23. The third-order valence-electron chi connectivity index (χ3n) is 10.2. The van der Waals surface area contributed by atoms with Gasteiger partial charge in [-0.2, -0.15) is 0 Å². The number of carbonyl (C=O) groups is 5. The Morgan fingerprint density at radius 3 is 1.23 bits per heavy atom. The highest BCUT2D eigenvalue weighted by molar-refractivity contribution is 5.81. The fourth-order valence-corrected chi connectivity index (χ4v) is 6.62. The maximum absolute atomic E-state index is 12.7. The van der Waals surface area contributed by atoms with Crippen molar-refractivity contribution < 1.29 is 57.5 Å². The van der Waals surface area contributed by atoms with Gasteiger partial charge in [0.2, 0.25) is 5.91 Å². The van der Waals surface area contributed by atoms with Crippen molar-refractivity contribution in [2.75, 3.05) is 59.4 Å². The third-order valence-corrected chi connectivity index (χ3v) is 10.2. The minimum absolute atomic E-state index is 0.0874. The molecule has 0 aliphatic heterocycles. The lowest BCUT2D eigenvalue weighted by molar-refractivity contribution is -0.167. The van der Waals surface area contributed by atoms with Crippen LogP contribution in [0.1, 0.15) is 206 Å². The predicted octanol–water partition coefficient (Wildman–Crippen LogP) is 9.98. The fraction of sp³-hybridized carbons (Fsp3) is 0.894. The van der Waals surface area contributed by atoms with Gasteiger partial charge in [0.1, 0.15) is 19.8 Å².